The molecule has 0 atom stereocenters. The summed E-state index contributed by atoms with van der Waals surface area (Å²) in [6.07, 6.45) is 9.78. The Balaban J connectivity index is 1.25. The number of carbonyl (C=O) groups excluding carboxylic acids is 1. The van der Waals surface area contributed by atoms with Gasteiger partial charge in [-0.2, -0.15) is 0 Å². The van der Waals surface area contributed by atoms with Crippen LogP contribution in [-0.2, 0) is 16.1 Å². The molecule has 2 aromatic heterocycles. The van der Waals surface area contributed by atoms with E-state index in [0.29, 0.717) is 22.5 Å². The summed E-state index contributed by atoms with van der Waals surface area (Å²) in [5.74, 6) is 1.66. The van der Waals surface area contributed by atoms with Gasteiger partial charge in [-0.1, -0.05) is 6.07 Å². The lowest BCUT2D eigenvalue weighted by Crippen LogP contribution is -2.51. The van der Waals surface area contributed by atoms with Crippen LogP contribution < -0.4 is 5.32 Å². The van der Waals surface area contributed by atoms with Gasteiger partial charge in [0.2, 0.25) is 0 Å². The number of imidazole rings is 1. The van der Waals surface area contributed by atoms with Crippen LogP contribution in [0.15, 0.2) is 24.4 Å². The minimum Gasteiger partial charge on any atom is -0.481 e. The van der Waals surface area contributed by atoms with Gasteiger partial charge in [-0.25, -0.2) is 4.98 Å². The third-order valence-electron chi connectivity index (χ3n) is 7.27. The number of hydrogen-bond donors (Lipinski definition) is 2. The van der Waals surface area contributed by atoms with Crippen LogP contribution in [0.25, 0.3) is 5.65 Å². The fourth-order valence-electron chi connectivity index (χ4n) is 6.52. The van der Waals surface area contributed by atoms with Crippen LogP contribution in [0.4, 0.5) is 0 Å². The normalized spacial score (nSPS) is 29.4. The number of carboxylic acids is 1. The van der Waals surface area contributed by atoms with Crippen molar-refractivity contribution in [2.24, 2.45) is 23.2 Å². The zero-order valence-corrected chi connectivity index (χ0v) is 17.2. The number of hydrogen-bond acceptors (Lipinski definition) is 4. The van der Waals surface area contributed by atoms with Crippen LogP contribution in [-0.4, -0.2) is 39.5 Å². The molecular weight excluding hydrogens is 382 g/mol. The highest BCUT2D eigenvalue weighted by atomic mass is 16.5. The first-order valence-electron chi connectivity index (χ1n) is 11.0. The second-order valence-corrected chi connectivity index (χ2v) is 9.67. The molecular formula is C23H29N3O4. The van der Waals surface area contributed by atoms with Crippen LogP contribution in [0.1, 0.15) is 61.1 Å². The molecule has 0 spiro atoms. The quantitative estimate of drug-likeness (QED) is 0.651. The average Bonchev–Trinajstić information content (AvgIpc) is 3.11. The molecule has 0 radical (unpaired) electrons. The van der Waals surface area contributed by atoms with Crippen molar-refractivity contribution in [3.63, 3.8) is 0 Å². The van der Waals surface area contributed by atoms with Crippen LogP contribution in [0.2, 0.25) is 0 Å². The molecule has 4 aliphatic rings. The van der Waals surface area contributed by atoms with Crippen LogP contribution in [0, 0.1) is 23.2 Å². The minimum absolute atomic E-state index is 0.0364. The fourth-order valence-corrected chi connectivity index (χ4v) is 6.52. The Morgan fingerprint density at radius 3 is 2.53 bits per heavy atom. The van der Waals surface area contributed by atoms with E-state index in [1.165, 1.54) is 38.5 Å². The minimum atomic E-state index is -0.886. The molecule has 4 saturated carbocycles. The van der Waals surface area contributed by atoms with Crippen molar-refractivity contribution < 1.29 is 19.4 Å². The predicted octanol–water partition coefficient (Wildman–Crippen LogP) is 3.27. The predicted molar refractivity (Wildman–Crippen MR) is 110 cm³/mol. The van der Waals surface area contributed by atoms with Crippen molar-refractivity contribution in [1.82, 2.24) is 14.7 Å². The van der Waals surface area contributed by atoms with Gasteiger partial charge in [0.25, 0.3) is 5.91 Å². The topological polar surface area (TPSA) is 92.9 Å². The first kappa shape index (κ1) is 19.5. The summed E-state index contributed by atoms with van der Waals surface area (Å²) < 4.78 is 7.18. The van der Waals surface area contributed by atoms with Gasteiger partial charge in [0.1, 0.15) is 11.3 Å². The van der Waals surface area contributed by atoms with E-state index in [9.17, 15) is 9.59 Å². The Morgan fingerprint density at radius 1 is 1.17 bits per heavy atom. The van der Waals surface area contributed by atoms with Crippen molar-refractivity contribution in [2.45, 2.75) is 51.6 Å². The second kappa shape index (κ2) is 7.69. The lowest BCUT2D eigenvalue weighted by atomic mass is 9.49. The van der Waals surface area contributed by atoms with Gasteiger partial charge in [0, 0.05) is 12.7 Å². The number of ether oxygens (including phenoxy) is 1. The highest BCUT2D eigenvalue weighted by Crippen LogP contribution is 2.59. The number of carbonyl (C=O) groups is 2. The maximum atomic E-state index is 13.0. The average molecular weight is 412 g/mol. The molecule has 6 rings (SSSR count). The molecule has 160 valence electrons. The number of rotatable bonds is 8. The van der Waals surface area contributed by atoms with Gasteiger partial charge < -0.3 is 15.2 Å². The number of nitrogens with one attached hydrogen (secondary N) is 1. The number of aromatic nitrogens is 2. The monoisotopic (exact) mass is 411 g/mol. The largest absolute Gasteiger partial charge is 0.481 e. The molecule has 2 N–H and O–H groups in total. The molecule has 4 fully saturated rings. The summed E-state index contributed by atoms with van der Waals surface area (Å²) in [5, 5.41) is 11.9. The van der Waals surface area contributed by atoms with E-state index in [2.05, 4.69) is 10.3 Å². The van der Waals surface area contributed by atoms with Crippen molar-refractivity contribution in [3.8, 4) is 0 Å². The lowest BCUT2D eigenvalue weighted by molar-refractivity contribution is -0.138. The molecule has 30 heavy (non-hydrogen) atoms. The van der Waals surface area contributed by atoms with Crippen molar-refractivity contribution in [3.05, 3.63) is 35.8 Å². The molecule has 1 amide bonds. The van der Waals surface area contributed by atoms with Gasteiger partial charge in [-0.15, -0.1) is 0 Å². The summed E-state index contributed by atoms with van der Waals surface area (Å²) in [5.41, 5.74) is 2.24. The van der Waals surface area contributed by atoms with Gasteiger partial charge in [0.05, 0.1) is 25.3 Å². The van der Waals surface area contributed by atoms with E-state index in [4.69, 9.17) is 9.84 Å². The summed E-state index contributed by atoms with van der Waals surface area (Å²) in [6.45, 7) is 1.14. The van der Waals surface area contributed by atoms with Crippen LogP contribution >= 0.6 is 0 Å². The summed E-state index contributed by atoms with van der Waals surface area (Å²) in [6, 6.07) is 5.52. The number of nitrogens with zero attached hydrogens (tertiary/aromatic N) is 2. The lowest BCUT2D eigenvalue weighted by Gasteiger charge is -2.56. The van der Waals surface area contributed by atoms with Crippen LogP contribution in [0.3, 0.4) is 0 Å². The van der Waals surface area contributed by atoms with Gasteiger partial charge in [-0.05, 0) is 73.8 Å². The van der Waals surface area contributed by atoms with Gasteiger partial charge >= 0.3 is 5.97 Å². The van der Waals surface area contributed by atoms with Crippen molar-refractivity contribution >= 4 is 17.5 Å². The molecule has 0 aliphatic heterocycles. The SMILES string of the molecule is O=C(O)CCOCc1cn2c(C(=O)NCC34CC5CC(CC(C5)C3)C4)cccc2n1. The first-order valence-corrected chi connectivity index (χ1v) is 11.0. The zero-order valence-electron chi connectivity index (χ0n) is 17.2. The van der Waals surface area contributed by atoms with Crippen molar-refractivity contribution in [1.29, 1.82) is 0 Å². The number of aliphatic carboxylic acids is 1. The molecule has 4 bridgehead atoms. The Bertz CT molecular complexity index is 931. The van der Waals surface area contributed by atoms with E-state index < -0.39 is 5.97 Å². The van der Waals surface area contributed by atoms with E-state index >= 15 is 0 Å². The van der Waals surface area contributed by atoms with Gasteiger partial charge in [-0.3, -0.25) is 14.0 Å². The second-order valence-electron chi connectivity index (χ2n) is 9.67. The Kier molecular flexibility index (Phi) is 5.01. The maximum absolute atomic E-state index is 13.0. The molecule has 0 aromatic carbocycles. The molecule has 0 unspecified atom stereocenters. The third-order valence-corrected chi connectivity index (χ3v) is 7.27. The Hall–Kier alpha value is -2.41. The third kappa shape index (κ3) is 3.83. The Labute approximate surface area is 175 Å². The van der Waals surface area contributed by atoms with Crippen molar-refractivity contribution in [2.75, 3.05) is 13.2 Å². The molecule has 0 saturated heterocycles. The van der Waals surface area contributed by atoms with E-state index in [-0.39, 0.29) is 25.5 Å². The molecule has 2 heterocycles. The number of carboxylic acid groups (broad SMARTS) is 1. The number of amides is 1. The molecule has 7 nitrogen and oxygen atoms in total. The fraction of sp³-hybridized carbons (Fsp3) is 0.609. The standard InChI is InChI=1S/C23H29N3O4/c27-21(28)4-5-30-13-18-12-26-19(2-1-3-20(26)25-18)22(29)24-14-23-9-15-6-16(10-23)8-17(7-15)11-23/h1-3,12,15-17H,4-11,13-14H2,(H,24,29)(H,27,28). The van der Waals surface area contributed by atoms with Gasteiger partial charge in [0.15, 0.2) is 0 Å². The summed E-state index contributed by atoms with van der Waals surface area (Å²) >= 11 is 0. The highest BCUT2D eigenvalue weighted by Gasteiger charge is 2.50. The van der Waals surface area contributed by atoms with E-state index in [0.717, 1.165) is 24.3 Å². The first-order chi connectivity index (χ1) is 14.5. The molecule has 4 aliphatic carbocycles. The maximum Gasteiger partial charge on any atom is 0.305 e. The zero-order chi connectivity index (χ0) is 20.7. The van der Waals surface area contributed by atoms with Crippen LogP contribution in [0.5, 0.6) is 0 Å². The smallest absolute Gasteiger partial charge is 0.305 e. The van der Waals surface area contributed by atoms with E-state index in [1.807, 2.05) is 18.2 Å². The summed E-state index contributed by atoms with van der Waals surface area (Å²) in [7, 11) is 0. The summed E-state index contributed by atoms with van der Waals surface area (Å²) in [4.78, 5) is 28.1. The highest BCUT2D eigenvalue weighted by molar-refractivity contribution is 5.93. The number of pyridine rings is 1. The number of fused-ring (bicyclic) bond motifs is 1. The molecule has 7 heteroatoms. The van der Waals surface area contributed by atoms with E-state index in [1.54, 1.807) is 10.6 Å². The molecule has 2 aromatic rings. The Morgan fingerprint density at radius 2 is 1.87 bits per heavy atom.